The van der Waals surface area contributed by atoms with Crippen LogP contribution in [0.2, 0.25) is 0 Å². The van der Waals surface area contributed by atoms with Crippen molar-refractivity contribution in [2.75, 3.05) is 59.6 Å². The molecule has 1 aromatic rings. The van der Waals surface area contributed by atoms with Gasteiger partial charge < -0.3 is 20.1 Å². The summed E-state index contributed by atoms with van der Waals surface area (Å²) in [6, 6.07) is 7.95. The molecule has 128 valence electrons. The zero-order valence-corrected chi connectivity index (χ0v) is 13.8. The van der Waals surface area contributed by atoms with Crippen LogP contribution in [0, 0.1) is 0 Å². The Bertz CT molecular complexity index is 476. The molecule has 2 rings (SSSR count). The summed E-state index contributed by atoms with van der Waals surface area (Å²) in [7, 11) is 1.67. The lowest BCUT2D eigenvalue weighted by atomic mass is 10.1. The summed E-state index contributed by atoms with van der Waals surface area (Å²) >= 11 is 0. The van der Waals surface area contributed by atoms with Crippen molar-refractivity contribution in [3.8, 4) is 5.75 Å². The van der Waals surface area contributed by atoms with Gasteiger partial charge in [0.05, 0.1) is 26.9 Å². The van der Waals surface area contributed by atoms with Crippen LogP contribution in [0.25, 0.3) is 0 Å². The van der Waals surface area contributed by atoms with E-state index in [0.717, 1.165) is 57.1 Å². The highest BCUT2D eigenvalue weighted by atomic mass is 16.5. The monoisotopic (exact) mass is 321 g/mol. The number of nitrogens with one attached hydrogen (secondary N) is 2. The van der Waals surface area contributed by atoms with Crippen LogP contribution in [0.3, 0.4) is 0 Å². The molecule has 0 unspecified atom stereocenters. The van der Waals surface area contributed by atoms with Crippen LogP contribution < -0.4 is 15.4 Å². The number of carbonyl (C=O) groups excluding carboxylic acids is 1. The van der Waals surface area contributed by atoms with E-state index in [4.69, 9.17) is 9.47 Å². The maximum atomic E-state index is 11.8. The Morgan fingerprint density at radius 2 is 2.04 bits per heavy atom. The fourth-order valence-electron chi connectivity index (χ4n) is 2.58. The van der Waals surface area contributed by atoms with Gasteiger partial charge in [-0.1, -0.05) is 18.2 Å². The minimum absolute atomic E-state index is 0.0401. The zero-order chi connectivity index (χ0) is 16.3. The standard InChI is InChI=1S/C17H27N3O3/c1-22-16-5-3-2-4-15(16)6-7-18-14-17(21)19-8-9-20-10-12-23-13-11-20/h2-5,18H,6-14H2,1H3,(H,19,21). The Balaban J connectivity index is 1.54. The maximum Gasteiger partial charge on any atom is 0.234 e. The van der Waals surface area contributed by atoms with Crippen molar-refractivity contribution in [3.63, 3.8) is 0 Å². The molecule has 0 atom stereocenters. The minimum Gasteiger partial charge on any atom is -0.496 e. The molecular weight excluding hydrogens is 294 g/mol. The van der Waals surface area contributed by atoms with Crippen LogP contribution in [0.1, 0.15) is 5.56 Å². The molecule has 1 amide bonds. The molecule has 0 aromatic heterocycles. The molecule has 1 heterocycles. The summed E-state index contributed by atoms with van der Waals surface area (Å²) in [4.78, 5) is 14.1. The van der Waals surface area contributed by atoms with E-state index in [1.165, 1.54) is 0 Å². The maximum absolute atomic E-state index is 11.8. The Morgan fingerprint density at radius 1 is 1.26 bits per heavy atom. The molecular formula is C17H27N3O3. The quantitative estimate of drug-likeness (QED) is 0.640. The average Bonchev–Trinajstić information content (AvgIpc) is 2.60. The van der Waals surface area contributed by atoms with E-state index >= 15 is 0 Å². The van der Waals surface area contributed by atoms with Crippen LogP contribution in [0.5, 0.6) is 5.75 Å². The number of amides is 1. The van der Waals surface area contributed by atoms with E-state index in [0.29, 0.717) is 13.1 Å². The normalized spacial score (nSPS) is 15.3. The van der Waals surface area contributed by atoms with Gasteiger partial charge in [-0.3, -0.25) is 9.69 Å². The van der Waals surface area contributed by atoms with E-state index in [1.807, 2.05) is 24.3 Å². The van der Waals surface area contributed by atoms with Gasteiger partial charge in [-0.25, -0.2) is 0 Å². The molecule has 0 saturated carbocycles. The molecule has 0 aliphatic carbocycles. The van der Waals surface area contributed by atoms with Crippen LogP contribution in [0.4, 0.5) is 0 Å². The van der Waals surface area contributed by atoms with Crippen molar-refractivity contribution >= 4 is 5.91 Å². The summed E-state index contributed by atoms with van der Waals surface area (Å²) in [5.74, 6) is 0.933. The summed E-state index contributed by atoms with van der Waals surface area (Å²) in [5, 5.41) is 6.11. The SMILES string of the molecule is COc1ccccc1CCNCC(=O)NCCN1CCOCC1. The molecule has 1 fully saturated rings. The number of hydrogen-bond acceptors (Lipinski definition) is 5. The second kappa shape index (κ2) is 10.2. The molecule has 1 aliphatic rings. The van der Waals surface area contributed by atoms with Crippen molar-refractivity contribution < 1.29 is 14.3 Å². The van der Waals surface area contributed by atoms with Gasteiger partial charge in [0, 0.05) is 26.2 Å². The van der Waals surface area contributed by atoms with Gasteiger partial charge in [-0.2, -0.15) is 0 Å². The summed E-state index contributed by atoms with van der Waals surface area (Å²) < 4.78 is 10.6. The zero-order valence-electron chi connectivity index (χ0n) is 13.8. The molecule has 0 radical (unpaired) electrons. The topological polar surface area (TPSA) is 62.8 Å². The van der Waals surface area contributed by atoms with Crippen molar-refractivity contribution in [2.24, 2.45) is 0 Å². The van der Waals surface area contributed by atoms with Crippen molar-refractivity contribution in [2.45, 2.75) is 6.42 Å². The highest BCUT2D eigenvalue weighted by Gasteiger charge is 2.10. The van der Waals surface area contributed by atoms with Crippen LogP contribution >= 0.6 is 0 Å². The molecule has 6 heteroatoms. The van der Waals surface area contributed by atoms with Gasteiger partial charge in [0.25, 0.3) is 0 Å². The fraction of sp³-hybridized carbons (Fsp3) is 0.588. The smallest absolute Gasteiger partial charge is 0.234 e. The van der Waals surface area contributed by atoms with Gasteiger partial charge in [-0.15, -0.1) is 0 Å². The first-order chi connectivity index (χ1) is 11.3. The third-order valence-electron chi connectivity index (χ3n) is 3.90. The number of carbonyl (C=O) groups is 1. The average molecular weight is 321 g/mol. The number of para-hydroxylation sites is 1. The molecule has 0 bridgehead atoms. The molecule has 2 N–H and O–H groups in total. The molecule has 1 saturated heterocycles. The Morgan fingerprint density at radius 3 is 2.83 bits per heavy atom. The number of methoxy groups -OCH3 is 1. The second-order valence-corrected chi connectivity index (χ2v) is 5.54. The molecule has 1 aliphatic heterocycles. The summed E-state index contributed by atoms with van der Waals surface area (Å²) in [5.41, 5.74) is 1.15. The molecule has 23 heavy (non-hydrogen) atoms. The lowest BCUT2D eigenvalue weighted by molar-refractivity contribution is -0.120. The Labute approximate surface area is 138 Å². The fourth-order valence-corrected chi connectivity index (χ4v) is 2.58. The number of benzene rings is 1. The highest BCUT2D eigenvalue weighted by Crippen LogP contribution is 2.17. The summed E-state index contributed by atoms with van der Waals surface area (Å²) in [6.45, 7) is 6.15. The van der Waals surface area contributed by atoms with Gasteiger partial charge >= 0.3 is 0 Å². The minimum atomic E-state index is 0.0401. The van der Waals surface area contributed by atoms with Crippen LogP contribution in [-0.4, -0.2) is 70.4 Å². The summed E-state index contributed by atoms with van der Waals surface area (Å²) in [6.07, 6.45) is 0.838. The predicted molar refractivity (Wildman–Crippen MR) is 89.8 cm³/mol. The Hall–Kier alpha value is -1.63. The van der Waals surface area contributed by atoms with Crippen LogP contribution in [-0.2, 0) is 16.0 Å². The van der Waals surface area contributed by atoms with E-state index in [9.17, 15) is 4.79 Å². The van der Waals surface area contributed by atoms with Crippen LogP contribution in [0.15, 0.2) is 24.3 Å². The lowest BCUT2D eigenvalue weighted by Crippen LogP contribution is -2.43. The first kappa shape index (κ1) is 17.7. The Kier molecular flexibility index (Phi) is 7.86. The van der Waals surface area contributed by atoms with Crippen molar-refractivity contribution in [1.82, 2.24) is 15.5 Å². The third kappa shape index (κ3) is 6.56. The number of ether oxygens (including phenoxy) is 2. The number of nitrogens with zero attached hydrogens (tertiary/aromatic N) is 1. The van der Waals surface area contributed by atoms with Crippen molar-refractivity contribution in [1.29, 1.82) is 0 Å². The van der Waals surface area contributed by atoms with Crippen molar-refractivity contribution in [3.05, 3.63) is 29.8 Å². The third-order valence-corrected chi connectivity index (χ3v) is 3.90. The molecule has 1 aromatic carbocycles. The van der Waals surface area contributed by atoms with E-state index < -0.39 is 0 Å². The second-order valence-electron chi connectivity index (χ2n) is 5.54. The van der Waals surface area contributed by atoms with E-state index in [2.05, 4.69) is 15.5 Å². The number of morpholine rings is 1. The first-order valence-corrected chi connectivity index (χ1v) is 8.19. The first-order valence-electron chi connectivity index (χ1n) is 8.19. The largest absolute Gasteiger partial charge is 0.496 e. The molecule has 0 spiro atoms. The lowest BCUT2D eigenvalue weighted by Gasteiger charge is -2.26. The van der Waals surface area contributed by atoms with Gasteiger partial charge in [0.2, 0.25) is 5.91 Å². The predicted octanol–water partition coefficient (Wildman–Crippen LogP) is 0.276. The van der Waals surface area contributed by atoms with Gasteiger partial charge in [-0.05, 0) is 24.6 Å². The number of rotatable bonds is 9. The highest BCUT2D eigenvalue weighted by molar-refractivity contribution is 5.77. The van der Waals surface area contributed by atoms with Gasteiger partial charge in [0.1, 0.15) is 5.75 Å². The van der Waals surface area contributed by atoms with E-state index in [-0.39, 0.29) is 5.91 Å². The molecule has 6 nitrogen and oxygen atoms in total. The number of hydrogen-bond donors (Lipinski definition) is 2. The van der Waals surface area contributed by atoms with Gasteiger partial charge in [0.15, 0.2) is 0 Å². The van der Waals surface area contributed by atoms with E-state index in [1.54, 1.807) is 7.11 Å².